The first kappa shape index (κ1) is 18.6. The van der Waals surface area contributed by atoms with Crippen LogP contribution in [0.4, 0.5) is 5.69 Å². The van der Waals surface area contributed by atoms with E-state index in [4.69, 9.17) is 16.3 Å². The predicted octanol–water partition coefficient (Wildman–Crippen LogP) is 5.04. The van der Waals surface area contributed by atoms with E-state index in [0.29, 0.717) is 22.9 Å². The second-order valence-corrected chi connectivity index (χ2v) is 7.46. The quantitative estimate of drug-likeness (QED) is 0.579. The lowest BCUT2D eigenvalue weighted by atomic mass is 10.2. The van der Waals surface area contributed by atoms with Crippen molar-refractivity contribution in [2.75, 3.05) is 12.4 Å². The van der Waals surface area contributed by atoms with Crippen LogP contribution in [0.25, 0.3) is 11.0 Å². The summed E-state index contributed by atoms with van der Waals surface area (Å²) in [6.07, 6.45) is 0.669. The van der Waals surface area contributed by atoms with Crippen molar-refractivity contribution >= 4 is 46.0 Å². The molecule has 0 saturated carbocycles. The highest BCUT2D eigenvalue weighted by atomic mass is 35.5. The molecule has 0 radical (unpaired) electrons. The summed E-state index contributed by atoms with van der Waals surface area (Å²) in [5.41, 5.74) is 3.34. The van der Waals surface area contributed by atoms with E-state index in [1.54, 1.807) is 13.2 Å². The van der Waals surface area contributed by atoms with E-state index in [1.807, 2.05) is 44.2 Å². The minimum absolute atomic E-state index is 0.0991. The average Bonchev–Trinajstić information content (AvgIpc) is 3.04. The Labute approximate surface area is 161 Å². The molecule has 0 aliphatic rings. The highest BCUT2D eigenvalue weighted by Gasteiger charge is 2.21. The molecule has 0 aliphatic carbocycles. The molecule has 26 heavy (non-hydrogen) atoms. The number of aryl methyl sites for hydroxylation is 1. The number of nitrogens with one attached hydrogen (secondary N) is 2. The van der Waals surface area contributed by atoms with E-state index in [1.165, 1.54) is 11.8 Å². The second-order valence-electron chi connectivity index (χ2n) is 5.86. The van der Waals surface area contributed by atoms with Crippen LogP contribution in [-0.2, 0) is 4.79 Å². The molecule has 5 nitrogen and oxygen atoms in total. The molecule has 7 heteroatoms. The molecule has 1 aromatic heterocycles. The molecule has 0 saturated heterocycles. The predicted molar refractivity (Wildman–Crippen MR) is 107 cm³/mol. The van der Waals surface area contributed by atoms with Crippen LogP contribution in [0.2, 0.25) is 5.02 Å². The summed E-state index contributed by atoms with van der Waals surface area (Å²) in [5.74, 6) is 0.440. The van der Waals surface area contributed by atoms with Crippen molar-refractivity contribution < 1.29 is 9.53 Å². The Morgan fingerprint density at radius 3 is 2.85 bits per heavy atom. The number of imidazole rings is 1. The third kappa shape index (κ3) is 3.97. The molecule has 0 bridgehead atoms. The summed E-state index contributed by atoms with van der Waals surface area (Å²) < 4.78 is 5.33. The number of nitrogens with zero attached hydrogens (tertiary/aromatic N) is 1. The van der Waals surface area contributed by atoms with E-state index < -0.39 is 0 Å². The molecule has 1 unspecified atom stereocenters. The number of benzene rings is 2. The lowest BCUT2D eigenvalue weighted by Crippen LogP contribution is -2.25. The number of anilines is 1. The maximum absolute atomic E-state index is 12.8. The highest BCUT2D eigenvalue weighted by molar-refractivity contribution is 8.00. The third-order valence-corrected chi connectivity index (χ3v) is 5.68. The zero-order valence-electron chi connectivity index (χ0n) is 14.8. The van der Waals surface area contributed by atoms with E-state index >= 15 is 0 Å². The zero-order valence-corrected chi connectivity index (χ0v) is 16.4. The Kier molecular flexibility index (Phi) is 5.74. The molecule has 136 valence electrons. The average molecular weight is 390 g/mol. The van der Waals surface area contributed by atoms with Gasteiger partial charge >= 0.3 is 0 Å². The summed E-state index contributed by atoms with van der Waals surface area (Å²) in [7, 11) is 1.55. The molecule has 3 rings (SSSR count). The molecule has 2 aromatic carbocycles. The third-order valence-electron chi connectivity index (χ3n) is 4.02. The maximum atomic E-state index is 12.8. The van der Waals surface area contributed by atoms with Crippen LogP contribution >= 0.6 is 23.4 Å². The van der Waals surface area contributed by atoms with Crippen molar-refractivity contribution in [2.45, 2.75) is 30.7 Å². The van der Waals surface area contributed by atoms with Crippen LogP contribution in [0.3, 0.4) is 0 Å². The van der Waals surface area contributed by atoms with Gasteiger partial charge in [-0.2, -0.15) is 0 Å². The van der Waals surface area contributed by atoms with Gasteiger partial charge in [0.15, 0.2) is 5.16 Å². The smallest absolute Gasteiger partial charge is 0.238 e. The fourth-order valence-corrected chi connectivity index (χ4v) is 3.66. The van der Waals surface area contributed by atoms with Crippen LogP contribution < -0.4 is 10.1 Å². The number of rotatable bonds is 6. The number of thioether (sulfide) groups is 1. The van der Waals surface area contributed by atoms with Gasteiger partial charge in [0.2, 0.25) is 5.91 Å². The van der Waals surface area contributed by atoms with Crippen LogP contribution in [-0.4, -0.2) is 28.2 Å². The summed E-state index contributed by atoms with van der Waals surface area (Å²) in [6, 6.07) is 11.3. The number of halogens is 1. The normalized spacial score (nSPS) is 12.2. The number of methoxy groups -OCH3 is 1. The first-order valence-corrected chi connectivity index (χ1v) is 9.54. The fraction of sp³-hybridized carbons (Fsp3) is 0.263. The summed E-state index contributed by atoms with van der Waals surface area (Å²) in [5, 5.41) is 4.00. The van der Waals surface area contributed by atoms with Crippen LogP contribution in [0, 0.1) is 6.92 Å². The number of para-hydroxylation sites is 2. The van der Waals surface area contributed by atoms with Crippen molar-refractivity contribution in [3.63, 3.8) is 0 Å². The number of amides is 1. The van der Waals surface area contributed by atoms with Gasteiger partial charge in [-0.3, -0.25) is 4.79 Å². The molecule has 1 heterocycles. The van der Waals surface area contributed by atoms with Gasteiger partial charge < -0.3 is 15.0 Å². The highest BCUT2D eigenvalue weighted by Crippen LogP contribution is 2.32. The molecule has 0 aliphatic heterocycles. The van der Waals surface area contributed by atoms with E-state index in [2.05, 4.69) is 15.3 Å². The van der Waals surface area contributed by atoms with Gasteiger partial charge in [0, 0.05) is 11.1 Å². The zero-order chi connectivity index (χ0) is 18.7. The number of carbonyl (C=O) groups is 1. The Bertz CT molecular complexity index is 909. The van der Waals surface area contributed by atoms with E-state index in [9.17, 15) is 4.79 Å². The van der Waals surface area contributed by atoms with Crippen molar-refractivity contribution in [1.29, 1.82) is 0 Å². The number of H-pyrrole nitrogens is 1. The lowest BCUT2D eigenvalue weighted by Gasteiger charge is -2.16. The molecule has 1 amide bonds. The van der Waals surface area contributed by atoms with Gasteiger partial charge in [-0.15, -0.1) is 0 Å². The molecule has 0 fully saturated rings. The monoisotopic (exact) mass is 389 g/mol. The minimum atomic E-state index is -0.281. The van der Waals surface area contributed by atoms with E-state index in [0.717, 1.165) is 21.8 Å². The van der Waals surface area contributed by atoms with Gasteiger partial charge in [-0.1, -0.05) is 42.4 Å². The number of hydrogen-bond donors (Lipinski definition) is 2. The van der Waals surface area contributed by atoms with Gasteiger partial charge in [-0.05, 0) is 37.1 Å². The maximum Gasteiger partial charge on any atom is 0.238 e. The van der Waals surface area contributed by atoms with Crippen molar-refractivity contribution in [1.82, 2.24) is 9.97 Å². The molecule has 1 atom stereocenters. The first-order chi connectivity index (χ1) is 12.5. The SMILES string of the molecule is CCC(Sc1nc2ccccc2[nH]1)C(=O)Nc1cc(C)c(Cl)cc1OC. The van der Waals surface area contributed by atoms with Crippen LogP contribution in [0.1, 0.15) is 18.9 Å². The number of fused-ring (bicyclic) bond motifs is 1. The molecule has 3 aromatic rings. The Hall–Kier alpha value is -2.18. The molecule has 0 spiro atoms. The molecular weight excluding hydrogens is 370 g/mol. The second kappa shape index (κ2) is 8.01. The largest absolute Gasteiger partial charge is 0.495 e. The molecular formula is C19H20ClN3O2S. The van der Waals surface area contributed by atoms with Gasteiger partial charge in [0.1, 0.15) is 5.75 Å². The number of hydrogen-bond acceptors (Lipinski definition) is 4. The number of aromatic amines is 1. The summed E-state index contributed by atoms with van der Waals surface area (Å²) in [4.78, 5) is 20.5. The van der Waals surface area contributed by atoms with Crippen LogP contribution in [0.5, 0.6) is 5.75 Å². The van der Waals surface area contributed by atoms with E-state index in [-0.39, 0.29) is 11.2 Å². The summed E-state index contributed by atoms with van der Waals surface area (Å²) in [6.45, 7) is 3.86. The van der Waals surface area contributed by atoms with Crippen molar-refractivity contribution in [2.24, 2.45) is 0 Å². The topological polar surface area (TPSA) is 67.0 Å². The van der Waals surface area contributed by atoms with Crippen molar-refractivity contribution in [3.05, 3.63) is 47.0 Å². The lowest BCUT2D eigenvalue weighted by molar-refractivity contribution is -0.115. The Balaban J connectivity index is 1.78. The number of carbonyl (C=O) groups excluding carboxylic acids is 1. The Morgan fingerprint density at radius 2 is 2.15 bits per heavy atom. The molecule has 2 N–H and O–H groups in total. The van der Waals surface area contributed by atoms with Gasteiger partial charge in [0.05, 0.1) is 29.1 Å². The number of aromatic nitrogens is 2. The minimum Gasteiger partial charge on any atom is -0.495 e. The van der Waals surface area contributed by atoms with Gasteiger partial charge in [-0.25, -0.2) is 4.98 Å². The van der Waals surface area contributed by atoms with Gasteiger partial charge in [0.25, 0.3) is 0 Å². The van der Waals surface area contributed by atoms with Crippen LogP contribution in [0.15, 0.2) is 41.6 Å². The fourth-order valence-electron chi connectivity index (χ4n) is 2.59. The van der Waals surface area contributed by atoms with Crippen molar-refractivity contribution in [3.8, 4) is 5.75 Å². The Morgan fingerprint density at radius 1 is 1.38 bits per heavy atom. The number of ether oxygens (including phenoxy) is 1. The standard InChI is InChI=1S/C19H20ClN3O2S/c1-4-17(26-19-22-13-7-5-6-8-14(13)23-19)18(24)21-15-9-11(2)12(20)10-16(15)25-3/h5-10,17H,4H2,1-3H3,(H,21,24)(H,22,23). The first-order valence-electron chi connectivity index (χ1n) is 8.28. The summed E-state index contributed by atoms with van der Waals surface area (Å²) >= 11 is 7.54.